The van der Waals surface area contributed by atoms with Crippen LogP contribution in [-0.2, 0) is 15.6 Å². The highest BCUT2D eigenvalue weighted by molar-refractivity contribution is 5.86. The largest absolute Gasteiger partial charge is 0.379 e. The molecule has 0 N–H and O–H groups in total. The smallest absolute Gasteiger partial charge is 0.0668 e. The molecule has 0 aromatic heterocycles. The van der Waals surface area contributed by atoms with Crippen LogP contribution in [0, 0.1) is 0 Å². The van der Waals surface area contributed by atoms with Gasteiger partial charge in [0.25, 0.3) is 0 Å². The van der Waals surface area contributed by atoms with Gasteiger partial charge < -0.3 is 4.74 Å². The van der Waals surface area contributed by atoms with E-state index in [1.165, 1.54) is 11.1 Å². The SMILES string of the molecule is CCC1(COCC2(CC)C=Nc3ccccc32)C=Nc2ccccc21. The third-order valence-corrected chi connectivity index (χ3v) is 5.76. The minimum atomic E-state index is -0.110. The molecule has 0 saturated carbocycles. The normalized spacial score (nSPS) is 26.0. The molecule has 0 saturated heterocycles. The zero-order chi connectivity index (χ0) is 17.3. The van der Waals surface area contributed by atoms with Crippen LogP contribution in [0.25, 0.3) is 0 Å². The fourth-order valence-corrected chi connectivity index (χ4v) is 3.95. The molecule has 2 unspecified atom stereocenters. The highest BCUT2D eigenvalue weighted by Crippen LogP contribution is 2.41. The van der Waals surface area contributed by atoms with Crippen LogP contribution in [0.5, 0.6) is 0 Å². The van der Waals surface area contributed by atoms with Crippen LogP contribution in [0.2, 0.25) is 0 Å². The van der Waals surface area contributed by atoms with Gasteiger partial charge in [-0.15, -0.1) is 0 Å². The third kappa shape index (κ3) is 2.54. The van der Waals surface area contributed by atoms with Gasteiger partial charge in [0.15, 0.2) is 0 Å². The van der Waals surface area contributed by atoms with Crippen molar-refractivity contribution in [2.45, 2.75) is 37.5 Å². The summed E-state index contributed by atoms with van der Waals surface area (Å²) in [6, 6.07) is 16.8. The topological polar surface area (TPSA) is 34.0 Å². The van der Waals surface area contributed by atoms with Gasteiger partial charge in [-0.1, -0.05) is 50.2 Å². The highest BCUT2D eigenvalue weighted by atomic mass is 16.5. The Balaban J connectivity index is 1.53. The Morgan fingerprint density at radius 3 is 1.60 bits per heavy atom. The van der Waals surface area contributed by atoms with Crippen LogP contribution in [0.1, 0.15) is 37.8 Å². The van der Waals surface area contributed by atoms with Gasteiger partial charge in [0.05, 0.1) is 35.4 Å². The maximum atomic E-state index is 6.32. The zero-order valence-corrected chi connectivity index (χ0v) is 14.9. The predicted octanol–water partition coefficient (Wildman–Crippen LogP) is 5.13. The van der Waals surface area contributed by atoms with E-state index in [4.69, 9.17) is 4.74 Å². The maximum absolute atomic E-state index is 6.32. The van der Waals surface area contributed by atoms with Gasteiger partial charge in [-0.05, 0) is 36.1 Å². The number of benzene rings is 2. The number of rotatable bonds is 6. The summed E-state index contributed by atoms with van der Waals surface area (Å²) in [4.78, 5) is 9.23. The molecule has 0 spiro atoms. The fraction of sp³-hybridized carbons (Fsp3) is 0.364. The van der Waals surface area contributed by atoms with E-state index in [2.05, 4.69) is 72.7 Å². The molecule has 2 aliphatic heterocycles. The van der Waals surface area contributed by atoms with E-state index in [0.717, 1.165) is 24.2 Å². The van der Waals surface area contributed by atoms with E-state index in [9.17, 15) is 0 Å². The van der Waals surface area contributed by atoms with Crippen molar-refractivity contribution in [1.29, 1.82) is 0 Å². The lowest BCUT2D eigenvalue weighted by atomic mass is 9.79. The molecule has 3 heteroatoms. The van der Waals surface area contributed by atoms with E-state index >= 15 is 0 Å². The molecular weight excluding hydrogens is 308 g/mol. The number of ether oxygens (including phenoxy) is 1. The number of hydrogen-bond acceptors (Lipinski definition) is 3. The zero-order valence-electron chi connectivity index (χ0n) is 14.9. The standard InChI is InChI=1S/C22H24N2O/c1-3-21(13-23-19-11-7-5-9-17(19)21)15-25-16-22(4-2)14-24-20-12-8-6-10-18(20)22/h5-14H,3-4,15-16H2,1-2H3. The van der Waals surface area contributed by atoms with E-state index in [1.54, 1.807) is 0 Å². The first-order valence-electron chi connectivity index (χ1n) is 9.10. The Labute approximate surface area is 149 Å². The van der Waals surface area contributed by atoms with Crippen molar-refractivity contribution in [3.8, 4) is 0 Å². The molecule has 0 bridgehead atoms. The van der Waals surface area contributed by atoms with Crippen molar-refractivity contribution in [1.82, 2.24) is 0 Å². The van der Waals surface area contributed by atoms with Crippen LogP contribution in [0.3, 0.4) is 0 Å². The Morgan fingerprint density at radius 1 is 0.720 bits per heavy atom. The summed E-state index contributed by atoms with van der Waals surface area (Å²) < 4.78 is 6.32. The van der Waals surface area contributed by atoms with Crippen molar-refractivity contribution in [2.24, 2.45) is 9.98 Å². The summed E-state index contributed by atoms with van der Waals surface area (Å²) in [6.07, 6.45) is 6.12. The Morgan fingerprint density at radius 2 is 1.16 bits per heavy atom. The Kier molecular flexibility index (Phi) is 4.04. The number of nitrogens with zero attached hydrogens (tertiary/aromatic N) is 2. The van der Waals surface area contributed by atoms with Gasteiger partial charge in [-0.2, -0.15) is 0 Å². The Bertz CT molecular complexity index is 772. The van der Waals surface area contributed by atoms with Crippen molar-refractivity contribution in [3.63, 3.8) is 0 Å². The molecule has 0 amide bonds. The minimum absolute atomic E-state index is 0.110. The van der Waals surface area contributed by atoms with Crippen molar-refractivity contribution in [3.05, 3.63) is 59.7 Å². The molecule has 2 atom stereocenters. The van der Waals surface area contributed by atoms with Crippen LogP contribution in [0.15, 0.2) is 58.5 Å². The third-order valence-electron chi connectivity index (χ3n) is 5.76. The van der Waals surface area contributed by atoms with Crippen LogP contribution < -0.4 is 0 Å². The average Bonchev–Trinajstić information content (AvgIpc) is 3.22. The molecule has 3 nitrogen and oxygen atoms in total. The second-order valence-corrected chi connectivity index (χ2v) is 7.06. The minimum Gasteiger partial charge on any atom is -0.379 e. The van der Waals surface area contributed by atoms with Gasteiger partial charge >= 0.3 is 0 Å². The van der Waals surface area contributed by atoms with Crippen LogP contribution in [-0.4, -0.2) is 25.6 Å². The molecule has 2 aliphatic rings. The first-order chi connectivity index (χ1) is 12.2. The second kappa shape index (κ2) is 6.23. The first kappa shape index (κ1) is 16.2. The van der Waals surface area contributed by atoms with Crippen molar-refractivity contribution >= 4 is 23.8 Å². The first-order valence-corrected chi connectivity index (χ1v) is 9.10. The van der Waals surface area contributed by atoms with E-state index in [1.807, 2.05) is 12.1 Å². The van der Waals surface area contributed by atoms with E-state index in [0.29, 0.717) is 13.2 Å². The summed E-state index contributed by atoms with van der Waals surface area (Å²) in [7, 11) is 0. The quantitative estimate of drug-likeness (QED) is 0.722. The Hall–Kier alpha value is -2.26. The molecule has 2 aromatic carbocycles. The van der Waals surface area contributed by atoms with Crippen LogP contribution >= 0.6 is 0 Å². The van der Waals surface area contributed by atoms with Gasteiger partial charge in [0.1, 0.15) is 0 Å². The fourth-order valence-electron chi connectivity index (χ4n) is 3.95. The molecule has 4 rings (SSSR count). The summed E-state index contributed by atoms with van der Waals surface area (Å²) in [5.41, 5.74) is 4.49. The second-order valence-electron chi connectivity index (χ2n) is 7.06. The summed E-state index contributed by atoms with van der Waals surface area (Å²) in [5.74, 6) is 0. The average molecular weight is 332 g/mol. The van der Waals surface area contributed by atoms with E-state index < -0.39 is 0 Å². The lowest BCUT2D eigenvalue weighted by Gasteiger charge is -2.30. The predicted molar refractivity (Wildman–Crippen MR) is 104 cm³/mol. The lowest BCUT2D eigenvalue weighted by Crippen LogP contribution is -2.36. The number of aliphatic imine (C=N–C) groups is 2. The van der Waals surface area contributed by atoms with E-state index in [-0.39, 0.29) is 10.8 Å². The summed E-state index contributed by atoms with van der Waals surface area (Å²) in [6.45, 7) is 5.72. The monoisotopic (exact) mass is 332 g/mol. The maximum Gasteiger partial charge on any atom is 0.0668 e. The summed E-state index contributed by atoms with van der Waals surface area (Å²) in [5, 5.41) is 0. The molecule has 2 heterocycles. The molecular formula is C22H24N2O. The van der Waals surface area contributed by atoms with Gasteiger partial charge in [-0.25, -0.2) is 0 Å². The number of para-hydroxylation sites is 2. The molecule has 25 heavy (non-hydrogen) atoms. The van der Waals surface area contributed by atoms with Crippen molar-refractivity contribution in [2.75, 3.05) is 13.2 Å². The highest BCUT2D eigenvalue weighted by Gasteiger charge is 2.38. The van der Waals surface area contributed by atoms with Gasteiger partial charge in [0, 0.05) is 12.4 Å². The van der Waals surface area contributed by atoms with Crippen LogP contribution in [0.4, 0.5) is 11.4 Å². The molecule has 128 valence electrons. The summed E-state index contributed by atoms with van der Waals surface area (Å²) >= 11 is 0. The molecule has 2 aromatic rings. The number of hydrogen-bond donors (Lipinski definition) is 0. The van der Waals surface area contributed by atoms with Gasteiger partial charge in [-0.3, -0.25) is 9.98 Å². The van der Waals surface area contributed by atoms with Gasteiger partial charge in [0.2, 0.25) is 0 Å². The van der Waals surface area contributed by atoms with Crippen molar-refractivity contribution < 1.29 is 4.74 Å². The molecule has 0 radical (unpaired) electrons. The number of fused-ring (bicyclic) bond motifs is 2. The molecule has 0 fully saturated rings. The molecule has 0 aliphatic carbocycles. The lowest BCUT2D eigenvalue weighted by molar-refractivity contribution is 0.0807.